The summed E-state index contributed by atoms with van der Waals surface area (Å²) in [5, 5.41) is 4.38. The molecule has 1 fully saturated rings. The number of halogens is 1. The Balaban J connectivity index is 1.52. The molecule has 0 aliphatic carbocycles. The molecule has 0 bridgehead atoms. The number of piperazine rings is 1. The predicted octanol–water partition coefficient (Wildman–Crippen LogP) is 2.38. The van der Waals surface area contributed by atoms with Gasteiger partial charge in [0.05, 0.1) is 11.4 Å². The molecule has 1 aromatic heterocycles. The number of aryl methyl sites for hydroxylation is 3. The quantitative estimate of drug-likeness (QED) is 0.864. The smallest absolute Gasteiger partial charge is 0.224 e. The van der Waals surface area contributed by atoms with E-state index in [4.69, 9.17) is 0 Å². The first-order chi connectivity index (χ1) is 11.5. The van der Waals surface area contributed by atoms with Crippen molar-refractivity contribution in [2.24, 2.45) is 0 Å². The van der Waals surface area contributed by atoms with E-state index in [0.29, 0.717) is 44.8 Å². The molecule has 128 valence electrons. The first kappa shape index (κ1) is 16.5. The topological polar surface area (TPSA) is 41.4 Å². The summed E-state index contributed by atoms with van der Waals surface area (Å²) in [4.78, 5) is 16.3. The number of para-hydroxylation sites is 1. The molecule has 0 N–H and O–H groups in total. The van der Waals surface area contributed by atoms with Crippen LogP contribution in [0.15, 0.2) is 30.3 Å². The Labute approximate surface area is 141 Å². The van der Waals surface area contributed by atoms with Crippen LogP contribution in [0.25, 0.3) is 0 Å². The minimum atomic E-state index is -0.207. The molecule has 1 aliphatic heterocycles. The molecule has 3 rings (SSSR count). The average Bonchev–Trinajstić information content (AvgIpc) is 2.91. The molecule has 2 heterocycles. The lowest BCUT2D eigenvalue weighted by Gasteiger charge is -2.36. The summed E-state index contributed by atoms with van der Waals surface area (Å²) in [6.07, 6.45) is 0.446. The molecule has 1 aromatic carbocycles. The number of hydrogen-bond acceptors (Lipinski definition) is 3. The SMILES string of the molecule is Cc1cc(C)n(CCC(=O)N2CCN(c3ccccc3F)CC2)n1. The molecule has 2 aromatic rings. The van der Waals surface area contributed by atoms with E-state index in [1.165, 1.54) is 6.07 Å². The van der Waals surface area contributed by atoms with Gasteiger partial charge < -0.3 is 9.80 Å². The summed E-state index contributed by atoms with van der Waals surface area (Å²) in [6.45, 7) is 7.13. The largest absolute Gasteiger partial charge is 0.366 e. The van der Waals surface area contributed by atoms with E-state index in [-0.39, 0.29) is 11.7 Å². The molecule has 5 nitrogen and oxygen atoms in total. The third-order valence-corrected chi connectivity index (χ3v) is 4.47. The summed E-state index contributed by atoms with van der Waals surface area (Å²) in [5.74, 6) is -0.0717. The summed E-state index contributed by atoms with van der Waals surface area (Å²) >= 11 is 0. The van der Waals surface area contributed by atoms with Crippen molar-refractivity contribution < 1.29 is 9.18 Å². The second-order valence-electron chi connectivity index (χ2n) is 6.22. The Morgan fingerprint density at radius 3 is 2.50 bits per heavy atom. The third kappa shape index (κ3) is 3.58. The van der Waals surface area contributed by atoms with Crippen molar-refractivity contribution in [1.29, 1.82) is 0 Å². The van der Waals surface area contributed by atoms with Gasteiger partial charge in [-0.05, 0) is 32.0 Å². The van der Waals surface area contributed by atoms with Gasteiger partial charge in [0, 0.05) is 44.8 Å². The second-order valence-corrected chi connectivity index (χ2v) is 6.22. The Morgan fingerprint density at radius 1 is 1.17 bits per heavy atom. The molecule has 1 saturated heterocycles. The zero-order chi connectivity index (χ0) is 17.1. The van der Waals surface area contributed by atoms with Crippen LogP contribution in [-0.2, 0) is 11.3 Å². The lowest BCUT2D eigenvalue weighted by atomic mass is 10.2. The molecule has 1 amide bonds. The van der Waals surface area contributed by atoms with Gasteiger partial charge in [-0.25, -0.2) is 4.39 Å². The van der Waals surface area contributed by atoms with E-state index in [0.717, 1.165) is 11.4 Å². The number of amides is 1. The lowest BCUT2D eigenvalue weighted by Crippen LogP contribution is -2.49. The van der Waals surface area contributed by atoms with Crippen molar-refractivity contribution in [3.8, 4) is 0 Å². The minimum Gasteiger partial charge on any atom is -0.366 e. The summed E-state index contributed by atoms with van der Waals surface area (Å²) < 4.78 is 15.7. The highest BCUT2D eigenvalue weighted by Gasteiger charge is 2.22. The predicted molar refractivity (Wildman–Crippen MR) is 91.5 cm³/mol. The maximum Gasteiger partial charge on any atom is 0.224 e. The third-order valence-electron chi connectivity index (χ3n) is 4.47. The van der Waals surface area contributed by atoms with Gasteiger partial charge in [0.1, 0.15) is 5.82 Å². The van der Waals surface area contributed by atoms with Gasteiger partial charge in [0.15, 0.2) is 0 Å². The first-order valence-electron chi connectivity index (χ1n) is 8.33. The number of rotatable bonds is 4. The molecule has 0 spiro atoms. The van der Waals surface area contributed by atoms with Crippen LogP contribution in [-0.4, -0.2) is 46.8 Å². The second kappa shape index (κ2) is 7.03. The number of anilines is 1. The highest BCUT2D eigenvalue weighted by Crippen LogP contribution is 2.20. The van der Waals surface area contributed by atoms with E-state index in [9.17, 15) is 9.18 Å². The van der Waals surface area contributed by atoms with E-state index < -0.39 is 0 Å². The molecule has 0 unspecified atom stereocenters. The molecule has 6 heteroatoms. The fourth-order valence-electron chi connectivity index (χ4n) is 3.17. The zero-order valence-electron chi connectivity index (χ0n) is 14.2. The van der Waals surface area contributed by atoms with Crippen LogP contribution in [0.2, 0.25) is 0 Å². The normalized spacial score (nSPS) is 15.0. The van der Waals surface area contributed by atoms with Crippen LogP contribution in [0.5, 0.6) is 0 Å². The number of hydrogen-bond donors (Lipinski definition) is 0. The highest BCUT2D eigenvalue weighted by molar-refractivity contribution is 5.76. The summed E-state index contributed by atoms with van der Waals surface area (Å²) in [5.41, 5.74) is 2.66. The molecule has 1 aliphatic rings. The zero-order valence-corrected chi connectivity index (χ0v) is 14.2. The number of benzene rings is 1. The molecular formula is C18H23FN4O. The fourth-order valence-corrected chi connectivity index (χ4v) is 3.17. The van der Waals surface area contributed by atoms with Crippen LogP contribution in [0.4, 0.5) is 10.1 Å². The van der Waals surface area contributed by atoms with Gasteiger partial charge in [-0.15, -0.1) is 0 Å². The van der Waals surface area contributed by atoms with Gasteiger partial charge in [0.2, 0.25) is 5.91 Å². The number of carbonyl (C=O) groups excluding carboxylic acids is 1. The molecule has 0 radical (unpaired) electrons. The highest BCUT2D eigenvalue weighted by atomic mass is 19.1. The molecular weight excluding hydrogens is 307 g/mol. The monoisotopic (exact) mass is 330 g/mol. The van der Waals surface area contributed by atoms with Crippen molar-refractivity contribution in [3.63, 3.8) is 0 Å². The van der Waals surface area contributed by atoms with Crippen molar-refractivity contribution in [2.45, 2.75) is 26.8 Å². The van der Waals surface area contributed by atoms with Crippen LogP contribution >= 0.6 is 0 Å². The van der Waals surface area contributed by atoms with Gasteiger partial charge in [0.25, 0.3) is 0 Å². The van der Waals surface area contributed by atoms with E-state index in [1.807, 2.05) is 40.5 Å². The van der Waals surface area contributed by atoms with Gasteiger partial charge in [-0.1, -0.05) is 12.1 Å². The van der Waals surface area contributed by atoms with Crippen molar-refractivity contribution in [3.05, 3.63) is 47.5 Å². The van der Waals surface area contributed by atoms with E-state index in [1.54, 1.807) is 12.1 Å². The Kier molecular flexibility index (Phi) is 4.83. The number of aromatic nitrogens is 2. The van der Waals surface area contributed by atoms with E-state index in [2.05, 4.69) is 5.10 Å². The minimum absolute atomic E-state index is 0.135. The van der Waals surface area contributed by atoms with Crippen LogP contribution in [0.1, 0.15) is 17.8 Å². The number of nitrogens with zero attached hydrogens (tertiary/aromatic N) is 4. The van der Waals surface area contributed by atoms with Gasteiger partial charge in [-0.3, -0.25) is 9.48 Å². The van der Waals surface area contributed by atoms with Gasteiger partial charge in [-0.2, -0.15) is 5.10 Å². The van der Waals surface area contributed by atoms with Crippen molar-refractivity contribution in [1.82, 2.24) is 14.7 Å². The van der Waals surface area contributed by atoms with E-state index >= 15 is 0 Å². The van der Waals surface area contributed by atoms with Crippen LogP contribution in [0.3, 0.4) is 0 Å². The molecule has 0 saturated carbocycles. The molecule has 0 atom stereocenters. The molecule has 24 heavy (non-hydrogen) atoms. The van der Waals surface area contributed by atoms with Crippen molar-refractivity contribution in [2.75, 3.05) is 31.1 Å². The summed E-state index contributed by atoms with van der Waals surface area (Å²) in [7, 11) is 0. The maximum absolute atomic E-state index is 13.8. The Bertz CT molecular complexity index is 720. The average molecular weight is 330 g/mol. The maximum atomic E-state index is 13.8. The van der Waals surface area contributed by atoms with Gasteiger partial charge >= 0.3 is 0 Å². The Morgan fingerprint density at radius 2 is 1.88 bits per heavy atom. The summed E-state index contributed by atoms with van der Waals surface area (Å²) in [6, 6.07) is 8.80. The van der Waals surface area contributed by atoms with Crippen molar-refractivity contribution >= 4 is 11.6 Å². The fraction of sp³-hybridized carbons (Fsp3) is 0.444. The standard InChI is InChI=1S/C18H23FN4O/c1-14-13-15(2)23(20-14)8-7-18(24)22-11-9-21(10-12-22)17-6-4-3-5-16(17)19/h3-6,13H,7-12H2,1-2H3. The first-order valence-corrected chi connectivity index (χ1v) is 8.33. The number of carbonyl (C=O) groups is 1. The Hall–Kier alpha value is -2.37. The van der Waals surface area contributed by atoms with Crippen LogP contribution < -0.4 is 4.90 Å². The van der Waals surface area contributed by atoms with Crippen LogP contribution in [0, 0.1) is 19.7 Å². The lowest BCUT2D eigenvalue weighted by molar-refractivity contribution is -0.131.